The van der Waals surface area contributed by atoms with Gasteiger partial charge in [0.2, 0.25) is 0 Å². The number of likely N-dealkylation sites (tertiary alicyclic amines) is 1. The molecule has 1 atom stereocenters. The van der Waals surface area contributed by atoms with Crippen LogP contribution in [0, 0.1) is 0 Å². The first-order chi connectivity index (χ1) is 13.3. The van der Waals surface area contributed by atoms with Crippen LogP contribution in [0.15, 0.2) is 17.5 Å². The summed E-state index contributed by atoms with van der Waals surface area (Å²) in [5, 5.41) is 10.6. The van der Waals surface area contributed by atoms with Crippen LogP contribution in [0.2, 0.25) is 0 Å². The fourth-order valence-corrected chi connectivity index (χ4v) is 5.11. The van der Waals surface area contributed by atoms with Crippen molar-refractivity contribution in [3.05, 3.63) is 39.3 Å². The molecular formula is C21H30N4OS. The van der Waals surface area contributed by atoms with Crippen LogP contribution in [0.25, 0.3) is 0 Å². The molecule has 6 heteroatoms. The number of carbonyl (C=O) groups excluding carboxylic acids is 1. The highest BCUT2D eigenvalue weighted by Gasteiger charge is 2.31. The Kier molecular flexibility index (Phi) is 5.93. The summed E-state index contributed by atoms with van der Waals surface area (Å²) >= 11 is 1.82. The zero-order valence-corrected chi connectivity index (χ0v) is 17.1. The fraction of sp³-hybridized carbons (Fsp3) is 0.619. The Morgan fingerprint density at radius 1 is 1.33 bits per heavy atom. The molecule has 1 fully saturated rings. The van der Waals surface area contributed by atoms with Gasteiger partial charge in [0.25, 0.3) is 5.91 Å². The molecule has 1 aliphatic heterocycles. The largest absolute Gasteiger partial charge is 0.337 e. The van der Waals surface area contributed by atoms with Gasteiger partial charge in [-0.15, -0.1) is 11.3 Å². The number of amides is 1. The lowest BCUT2D eigenvalue weighted by Gasteiger charge is -2.27. The van der Waals surface area contributed by atoms with E-state index in [9.17, 15) is 4.79 Å². The van der Waals surface area contributed by atoms with Gasteiger partial charge in [-0.25, -0.2) is 0 Å². The number of nitrogens with one attached hydrogen (secondary N) is 1. The molecule has 27 heavy (non-hydrogen) atoms. The van der Waals surface area contributed by atoms with Gasteiger partial charge in [-0.2, -0.15) is 5.10 Å². The van der Waals surface area contributed by atoms with E-state index in [-0.39, 0.29) is 5.91 Å². The van der Waals surface area contributed by atoms with Crippen molar-refractivity contribution < 1.29 is 4.79 Å². The zero-order valence-electron chi connectivity index (χ0n) is 16.2. The molecule has 0 spiro atoms. The number of thiophene rings is 1. The number of hydrogen-bond acceptors (Lipinski definition) is 4. The summed E-state index contributed by atoms with van der Waals surface area (Å²) in [5.41, 5.74) is 3.21. The summed E-state index contributed by atoms with van der Waals surface area (Å²) in [6.45, 7) is 5.72. The molecule has 146 valence electrons. The van der Waals surface area contributed by atoms with E-state index in [1.54, 1.807) is 0 Å². The predicted molar refractivity (Wildman–Crippen MR) is 109 cm³/mol. The van der Waals surface area contributed by atoms with Gasteiger partial charge in [-0.3, -0.25) is 9.48 Å². The van der Waals surface area contributed by atoms with Gasteiger partial charge < -0.3 is 10.2 Å². The van der Waals surface area contributed by atoms with Gasteiger partial charge in [-0.05, 0) is 63.3 Å². The van der Waals surface area contributed by atoms with Crippen LogP contribution >= 0.6 is 11.3 Å². The van der Waals surface area contributed by atoms with Crippen LogP contribution in [0.4, 0.5) is 0 Å². The molecule has 5 nitrogen and oxygen atoms in total. The molecule has 1 N–H and O–H groups in total. The quantitative estimate of drug-likeness (QED) is 0.829. The monoisotopic (exact) mass is 386 g/mol. The van der Waals surface area contributed by atoms with Gasteiger partial charge in [0, 0.05) is 48.4 Å². The number of fused-ring (bicyclic) bond motifs is 1. The van der Waals surface area contributed by atoms with Crippen molar-refractivity contribution in [2.24, 2.45) is 0 Å². The van der Waals surface area contributed by atoms with Gasteiger partial charge in [-0.1, -0.05) is 6.07 Å². The molecule has 2 aliphatic rings. The Bertz CT molecular complexity index is 761. The Balaban J connectivity index is 1.45. The molecule has 1 unspecified atom stereocenters. The number of nitrogens with zero attached hydrogens (tertiary/aromatic N) is 3. The molecule has 0 bridgehead atoms. The van der Waals surface area contributed by atoms with Crippen molar-refractivity contribution >= 4 is 17.2 Å². The Labute approximate surface area is 165 Å². The molecule has 0 saturated carbocycles. The molecule has 2 aromatic heterocycles. The van der Waals surface area contributed by atoms with E-state index in [2.05, 4.69) is 34.4 Å². The standard InChI is InChI=1S/C21H30N4OS/c1-2-25-19-9-8-16(22-11-10-17-7-6-14-27-17)15-18(19)20(23-25)21(26)24-12-4-3-5-13-24/h6-7,14,16,22H,2-5,8-13,15H2,1H3. The van der Waals surface area contributed by atoms with Crippen LogP contribution in [0.1, 0.15) is 59.2 Å². The van der Waals surface area contributed by atoms with E-state index in [0.717, 1.165) is 70.4 Å². The maximum absolute atomic E-state index is 13.1. The molecule has 2 aromatic rings. The van der Waals surface area contributed by atoms with Crippen LogP contribution < -0.4 is 5.32 Å². The first-order valence-electron chi connectivity index (χ1n) is 10.4. The average Bonchev–Trinajstić information content (AvgIpc) is 3.35. The summed E-state index contributed by atoms with van der Waals surface area (Å²) in [4.78, 5) is 16.6. The maximum Gasteiger partial charge on any atom is 0.274 e. The molecular weight excluding hydrogens is 356 g/mol. The lowest BCUT2D eigenvalue weighted by Crippen LogP contribution is -2.38. The highest BCUT2D eigenvalue weighted by molar-refractivity contribution is 7.09. The van der Waals surface area contributed by atoms with Gasteiger partial charge >= 0.3 is 0 Å². The fourth-order valence-electron chi connectivity index (χ4n) is 4.40. The van der Waals surface area contributed by atoms with E-state index in [0.29, 0.717) is 6.04 Å². The molecule has 3 heterocycles. The number of aryl methyl sites for hydroxylation is 1. The normalized spacial score (nSPS) is 19.9. The van der Waals surface area contributed by atoms with Crippen LogP contribution in [-0.4, -0.2) is 46.3 Å². The third-order valence-electron chi connectivity index (χ3n) is 5.88. The first kappa shape index (κ1) is 18.7. The molecule has 0 radical (unpaired) electrons. The lowest BCUT2D eigenvalue weighted by atomic mass is 9.91. The van der Waals surface area contributed by atoms with Crippen molar-refractivity contribution in [3.63, 3.8) is 0 Å². The zero-order chi connectivity index (χ0) is 18.6. The summed E-state index contributed by atoms with van der Waals surface area (Å²) in [6.07, 6.45) is 7.62. The van der Waals surface area contributed by atoms with Gasteiger partial charge in [0.1, 0.15) is 0 Å². The Hall–Kier alpha value is -1.66. The van der Waals surface area contributed by atoms with Crippen LogP contribution in [0.5, 0.6) is 0 Å². The van der Waals surface area contributed by atoms with Gasteiger partial charge in [0.15, 0.2) is 5.69 Å². The van der Waals surface area contributed by atoms with Crippen molar-refractivity contribution in [2.45, 2.75) is 64.5 Å². The average molecular weight is 387 g/mol. The van der Waals surface area contributed by atoms with E-state index in [4.69, 9.17) is 5.10 Å². The van der Waals surface area contributed by atoms with E-state index in [1.165, 1.54) is 22.6 Å². The summed E-state index contributed by atoms with van der Waals surface area (Å²) < 4.78 is 2.06. The minimum atomic E-state index is 0.150. The van der Waals surface area contributed by atoms with Crippen molar-refractivity contribution in [1.29, 1.82) is 0 Å². The number of hydrogen-bond donors (Lipinski definition) is 1. The second kappa shape index (κ2) is 8.57. The van der Waals surface area contributed by atoms with Crippen molar-refractivity contribution in [3.8, 4) is 0 Å². The topological polar surface area (TPSA) is 50.2 Å². The molecule has 1 saturated heterocycles. The van der Waals surface area contributed by atoms with E-state index >= 15 is 0 Å². The Morgan fingerprint density at radius 2 is 2.19 bits per heavy atom. The summed E-state index contributed by atoms with van der Waals surface area (Å²) in [7, 11) is 0. The molecule has 1 aliphatic carbocycles. The highest BCUT2D eigenvalue weighted by atomic mass is 32.1. The van der Waals surface area contributed by atoms with E-state index in [1.807, 2.05) is 16.2 Å². The van der Waals surface area contributed by atoms with Crippen LogP contribution in [-0.2, 0) is 25.8 Å². The predicted octanol–water partition coefficient (Wildman–Crippen LogP) is 3.28. The first-order valence-corrected chi connectivity index (χ1v) is 11.3. The van der Waals surface area contributed by atoms with E-state index < -0.39 is 0 Å². The van der Waals surface area contributed by atoms with Crippen molar-refractivity contribution in [1.82, 2.24) is 20.0 Å². The molecule has 1 amide bonds. The number of aromatic nitrogens is 2. The minimum absolute atomic E-state index is 0.150. The third-order valence-corrected chi connectivity index (χ3v) is 6.81. The number of rotatable bonds is 6. The summed E-state index contributed by atoms with van der Waals surface area (Å²) in [5.74, 6) is 0.150. The number of carbonyl (C=O) groups is 1. The lowest BCUT2D eigenvalue weighted by molar-refractivity contribution is 0.0716. The van der Waals surface area contributed by atoms with Crippen molar-refractivity contribution in [2.75, 3.05) is 19.6 Å². The van der Waals surface area contributed by atoms with Gasteiger partial charge in [0.05, 0.1) is 0 Å². The molecule has 0 aromatic carbocycles. The number of piperidine rings is 1. The maximum atomic E-state index is 13.1. The highest BCUT2D eigenvalue weighted by Crippen LogP contribution is 2.27. The van der Waals surface area contributed by atoms with Crippen LogP contribution in [0.3, 0.4) is 0 Å². The minimum Gasteiger partial charge on any atom is -0.337 e. The molecule has 4 rings (SSSR count). The summed E-state index contributed by atoms with van der Waals surface area (Å²) in [6, 6.07) is 4.76. The SMILES string of the molecule is CCn1nc(C(=O)N2CCCCC2)c2c1CCC(NCCc1cccs1)C2. The Morgan fingerprint density at radius 3 is 2.93 bits per heavy atom. The second-order valence-electron chi connectivity index (χ2n) is 7.67. The smallest absolute Gasteiger partial charge is 0.274 e. The second-order valence-corrected chi connectivity index (χ2v) is 8.70. The third kappa shape index (κ3) is 4.11.